The van der Waals surface area contributed by atoms with Crippen LogP contribution < -0.4 is 15.4 Å². The van der Waals surface area contributed by atoms with Crippen molar-refractivity contribution in [3.05, 3.63) is 64.2 Å². The largest absolute Gasteiger partial charge is 0.492 e. The highest BCUT2D eigenvalue weighted by Crippen LogP contribution is 2.23. The smallest absolute Gasteiger partial charge is 0.220 e. The fraction of sp³-hybridized carbons (Fsp3) is 0.316. The molecule has 2 N–H and O–H groups in total. The van der Waals surface area contributed by atoms with Gasteiger partial charge < -0.3 is 15.4 Å². The number of nitrogens with one attached hydrogen (secondary N) is 2. The summed E-state index contributed by atoms with van der Waals surface area (Å²) in [5, 5.41) is 6.87. The summed E-state index contributed by atoms with van der Waals surface area (Å²) in [7, 11) is 0. The van der Waals surface area contributed by atoms with Crippen molar-refractivity contribution in [1.29, 1.82) is 0 Å². The van der Waals surface area contributed by atoms with Crippen LogP contribution in [0.4, 0.5) is 0 Å². The molecule has 25 heavy (non-hydrogen) atoms. The lowest BCUT2D eigenvalue weighted by Crippen LogP contribution is -2.23. The number of halogens is 2. The molecule has 0 spiro atoms. The van der Waals surface area contributed by atoms with E-state index in [4.69, 9.17) is 16.3 Å². The van der Waals surface area contributed by atoms with Gasteiger partial charge in [0, 0.05) is 26.1 Å². The van der Waals surface area contributed by atoms with Gasteiger partial charge in [0.15, 0.2) is 0 Å². The monoisotopic (exact) mass is 380 g/mol. The van der Waals surface area contributed by atoms with E-state index in [-0.39, 0.29) is 18.3 Å². The summed E-state index contributed by atoms with van der Waals surface area (Å²) in [6.45, 7) is 2.89. The number of para-hydroxylation sites is 1. The third-order valence-corrected chi connectivity index (χ3v) is 4.35. The van der Waals surface area contributed by atoms with Crippen molar-refractivity contribution in [1.82, 2.24) is 10.6 Å². The maximum atomic E-state index is 11.9. The average molecular weight is 381 g/mol. The predicted molar refractivity (Wildman–Crippen MR) is 102 cm³/mol. The number of amides is 1. The van der Waals surface area contributed by atoms with Crippen molar-refractivity contribution >= 4 is 29.9 Å². The lowest BCUT2D eigenvalue weighted by atomic mass is 10.1. The van der Waals surface area contributed by atoms with Gasteiger partial charge in [-0.2, -0.15) is 0 Å². The number of hydrogen-bond donors (Lipinski definition) is 2. The van der Waals surface area contributed by atoms with Crippen molar-refractivity contribution in [2.24, 2.45) is 0 Å². The molecule has 3 rings (SSSR count). The Bertz CT molecular complexity index is 722. The number of hydrogen-bond acceptors (Lipinski definition) is 3. The third-order valence-electron chi connectivity index (χ3n) is 4.03. The van der Waals surface area contributed by atoms with E-state index in [2.05, 4.69) is 28.8 Å². The molecule has 0 atom stereocenters. The van der Waals surface area contributed by atoms with Gasteiger partial charge in [0.2, 0.25) is 5.91 Å². The molecule has 6 heteroatoms. The van der Waals surface area contributed by atoms with Gasteiger partial charge in [0.1, 0.15) is 5.75 Å². The molecule has 0 saturated heterocycles. The molecule has 1 aliphatic heterocycles. The number of benzene rings is 2. The van der Waals surface area contributed by atoms with E-state index in [0.29, 0.717) is 36.8 Å². The second-order valence-electron chi connectivity index (χ2n) is 5.87. The zero-order valence-corrected chi connectivity index (χ0v) is 15.5. The highest BCUT2D eigenvalue weighted by atomic mass is 35.5. The Kier molecular flexibility index (Phi) is 7.56. The summed E-state index contributed by atoms with van der Waals surface area (Å²) in [4.78, 5) is 11.9. The van der Waals surface area contributed by atoms with Crippen LogP contribution in [0.5, 0.6) is 5.75 Å². The van der Waals surface area contributed by atoms with Gasteiger partial charge in [0.25, 0.3) is 0 Å². The number of carbonyl (C=O) groups excluding carboxylic acids is 1. The van der Waals surface area contributed by atoms with Crippen LogP contribution in [0.15, 0.2) is 42.5 Å². The maximum absolute atomic E-state index is 11.9. The molecule has 0 unspecified atom stereocenters. The molecule has 1 heterocycles. The first kappa shape index (κ1) is 19.6. The van der Waals surface area contributed by atoms with Gasteiger partial charge in [-0.15, -0.1) is 12.4 Å². The van der Waals surface area contributed by atoms with E-state index >= 15 is 0 Å². The topological polar surface area (TPSA) is 50.4 Å². The Morgan fingerprint density at radius 1 is 1.16 bits per heavy atom. The van der Waals surface area contributed by atoms with Crippen LogP contribution in [0.25, 0.3) is 0 Å². The summed E-state index contributed by atoms with van der Waals surface area (Å²) in [6.07, 6.45) is 1.10. The standard InChI is InChI=1S/C19H21ClN2O2.ClH/c20-17-4-1-2-5-18(17)24-9-3-6-19(23)22-11-14-7-8-15-12-21-13-16(15)10-14;/h1-2,4-5,7-8,10,21H,3,6,9,11-13H2,(H,22,23);1H. The first-order valence-electron chi connectivity index (χ1n) is 8.18. The number of carbonyl (C=O) groups is 1. The average Bonchev–Trinajstić information content (AvgIpc) is 3.06. The van der Waals surface area contributed by atoms with Crippen molar-refractivity contribution in [3.63, 3.8) is 0 Å². The molecule has 2 aromatic rings. The molecule has 2 aromatic carbocycles. The fourth-order valence-electron chi connectivity index (χ4n) is 2.72. The van der Waals surface area contributed by atoms with Gasteiger partial charge in [-0.3, -0.25) is 4.79 Å². The molecule has 1 amide bonds. The highest BCUT2D eigenvalue weighted by Gasteiger charge is 2.10. The fourth-order valence-corrected chi connectivity index (χ4v) is 2.91. The van der Waals surface area contributed by atoms with E-state index < -0.39 is 0 Å². The van der Waals surface area contributed by atoms with Crippen molar-refractivity contribution < 1.29 is 9.53 Å². The van der Waals surface area contributed by atoms with E-state index in [0.717, 1.165) is 18.7 Å². The Labute approximate surface area is 159 Å². The van der Waals surface area contributed by atoms with E-state index in [9.17, 15) is 4.79 Å². The summed E-state index contributed by atoms with van der Waals surface area (Å²) < 4.78 is 5.58. The maximum Gasteiger partial charge on any atom is 0.220 e. The van der Waals surface area contributed by atoms with Crippen LogP contribution in [-0.2, 0) is 24.4 Å². The second kappa shape index (κ2) is 9.66. The van der Waals surface area contributed by atoms with Gasteiger partial charge in [0.05, 0.1) is 11.6 Å². The van der Waals surface area contributed by atoms with Gasteiger partial charge in [-0.1, -0.05) is 41.9 Å². The first-order valence-corrected chi connectivity index (χ1v) is 8.55. The van der Waals surface area contributed by atoms with E-state index in [1.807, 2.05) is 18.2 Å². The molecule has 1 aliphatic rings. The molecular weight excluding hydrogens is 359 g/mol. The van der Waals surface area contributed by atoms with Crippen LogP contribution in [-0.4, -0.2) is 12.5 Å². The summed E-state index contributed by atoms with van der Waals surface area (Å²) >= 11 is 6.01. The predicted octanol–water partition coefficient (Wildman–Crippen LogP) is 3.84. The van der Waals surface area contributed by atoms with Gasteiger partial charge in [-0.05, 0) is 35.2 Å². The molecule has 0 fully saturated rings. The molecule has 134 valence electrons. The lowest BCUT2D eigenvalue weighted by molar-refractivity contribution is -0.121. The van der Waals surface area contributed by atoms with Crippen molar-refractivity contribution in [3.8, 4) is 5.75 Å². The SMILES string of the molecule is Cl.O=C(CCCOc1ccccc1Cl)NCc1ccc2c(c1)CNC2. The second-order valence-corrected chi connectivity index (χ2v) is 6.27. The summed E-state index contributed by atoms with van der Waals surface area (Å²) in [5.74, 6) is 0.697. The molecule has 0 aromatic heterocycles. The van der Waals surface area contributed by atoms with Crippen LogP contribution in [0, 0.1) is 0 Å². The zero-order valence-electron chi connectivity index (χ0n) is 13.9. The van der Waals surface area contributed by atoms with Crippen LogP contribution in [0.2, 0.25) is 5.02 Å². The van der Waals surface area contributed by atoms with E-state index in [1.54, 1.807) is 6.07 Å². The number of ether oxygens (including phenoxy) is 1. The molecular formula is C19H22Cl2N2O2. The summed E-state index contributed by atoms with van der Waals surface area (Å²) in [5.41, 5.74) is 3.81. The first-order chi connectivity index (χ1) is 11.7. The Balaban J connectivity index is 0.00000225. The molecule has 0 radical (unpaired) electrons. The van der Waals surface area contributed by atoms with Gasteiger partial charge >= 0.3 is 0 Å². The Hall–Kier alpha value is -1.75. The van der Waals surface area contributed by atoms with Crippen LogP contribution in [0.1, 0.15) is 29.5 Å². The molecule has 0 saturated carbocycles. The van der Waals surface area contributed by atoms with Crippen molar-refractivity contribution in [2.45, 2.75) is 32.5 Å². The van der Waals surface area contributed by atoms with Crippen LogP contribution >= 0.6 is 24.0 Å². The Morgan fingerprint density at radius 2 is 1.96 bits per heavy atom. The quantitative estimate of drug-likeness (QED) is 0.717. The zero-order chi connectivity index (χ0) is 16.8. The van der Waals surface area contributed by atoms with E-state index in [1.165, 1.54) is 11.1 Å². The third kappa shape index (κ3) is 5.63. The van der Waals surface area contributed by atoms with Crippen LogP contribution in [0.3, 0.4) is 0 Å². The molecule has 4 nitrogen and oxygen atoms in total. The summed E-state index contributed by atoms with van der Waals surface area (Å²) in [6, 6.07) is 13.7. The lowest BCUT2D eigenvalue weighted by Gasteiger charge is -2.09. The normalized spacial score (nSPS) is 12.2. The number of fused-ring (bicyclic) bond motifs is 1. The number of rotatable bonds is 7. The minimum Gasteiger partial charge on any atom is -0.492 e. The molecule has 0 bridgehead atoms. The minimum atomic E-state index is 0. The Morgan fingerprint density at radius 3 is 2.80 bits per heavy atom. The van der Waals surface area contributed by atoms with Gasteiger partial charge in [-0.25, -0.2) is 0 Å². The molecule has 0 aliphatic carbocycles. The highest BCUT2D eigenvalue weighted by molar-refractivity contribution is 6.32. The minimum absolute atomic E-state index is 0. The van der Waals surface area contributed by atoms with Crippen molar-refractivity contribution in [2.75, 3.05) is 6.61 Å².